The van der Waals surface area contributed by atoms with Gasteiger partial charge in [-0.15, -0.1) is 0 Å². The van der Waals surface area contributed by atoms with Gasteiger partial charge >= 0.3 is 0 Å². The lowest BCUT2D eigenvalue weighted by atomic mass is 9.89. The number of hydrogen-bond donors (Lipinski definition) is 2. The molecule has 0 radical (unpaired) electrons. The van der Waals surface area contributed by atoms with E-state index in [-0.39, 0.29) is 0 Å². The molecule has 2 N–H and O–H groups in total. The molecule has 1 atom stereocenters. The maximum absolute atomic E-state index is 4.50. The van der Waals surface area contributed by atoms with Gasteiger partial charge in [-0.3, -0.25) is 0 Å². The molecule has 1 saturated carbocycles. The fourth-order valence-corrected chi connectivity index (χ4v) is 2.47. The van der Waals surface area contributed by atoms with Gasteiger partial charge < -0.3 is 4.98 Å². The maximum Gasteiger partial charge on any atom is 0.222 e. The Kier molecular flexibility index (Phi) is 3.00. The summed E-state index contributed by atoms with van der Waals surface area (Å²) in [5, 5.41) is 4.50. The van der Waals surface area contributed by atoms with Crippen LogP contribution in [-0.4, -0.2) is 15.7 Å². The van der Waals surface area contributed by atoms with Gasteiger partial charge in [0, 0.05) is 5.71 Å². The molecule has 1 aliphatic rings. The third-order valence-electron chi connectivity index (χ3n) is 3.58. The molecule has 0 bridgehead atoms. The van der Waals surface area contributed by atoms with E-state index >= 15 is 0 Å². The van der Waals surface area contributed by atoms with E-state index in [1.807, 2.05) is 24.3 Å². The van der Waals surface area contributed by atoms with Gasteiger partial charge in [0.1, 0.15) is 0 Å². The second kappa shape index (κ2) is 4.80. The fraction of sp³-hybridized carbons (Fsp3) is 0.429. The van der Waals surface area contributed by atoms with Crippen LogP contribution < -0.4 is 5.43 Å². The van der Waals surface area contributed by atoms with Gasteiger partial charge in [-0.25, -0.2) is 10.4 Å². The summed E-state index contributed by atoms with van der Waals surface area (Å²) in [5.74, 6) is 1.32. The smallest absolute Gasteiger partial charge is 0.222 e. The Morgan fingerprint density at radius 1 is 1.33 bits per heavy atom. The number of fused-ring (bicyclic) bond motifs is 1. The van der Waals surface area contributed by atoms with Gasteiger partial charge in [0.25, 0.3) is 0 Å². The average Bonchev–Trinajstić information content (AvgIpc) is 2.80. The zero-order valence-corrected chi connectivity index (χ0v) is 10.6. The molecule has 1 fully saturated rings. The third kappa shape index (κ3) is 2.23. The molecule has 1 heterocycles. The zero-order valence-electron chi connectivity index (χ0n) is 10.6. The van der Waals surface area contributed by atoms with E-state index in [4.69, 9.17) is 0 Å². The average molecular weight is 242 g/mol. The molecule has 2 aromatic rings. The SMILES string of the molecule is C[C@H]1CCCC/C1=N\Nc1nc2ccccc2[nH]1. The molecule has 0 saturated heterocycles. The summed E-state index contributed by atoms with van der Waals surface area (Å²) in [6, 6.07) is 8.00. The third-order valence-corrected chi connectivity index (χ3v) is 3.58. The molecule has 4 nitrogen and oxygen atoms in total. The first-order chi connectivity index (χ1) is 8.83. The van der Waals surface area contributed by atoms with E-state index in [1.54, 1.807) is 0 Å². The van der Waals surface area contributed by atoms with Gasteiger partial charge in [-0.1, -0.05) is 25.5 Å². The van der Waals surface area contributed by atoms with Crippen molar-refractivity contribution in [1.82, 2.24) is 9.97 Å². The molecule has 94 valence electrons. The van der Waals surface area contributed by atoms with Crippen molar-refractivity contribution in [2.24, 2.45) is 11.0 Å². The van der Waals surface area contributed by atoms with Crippen molar-refractivity contribution in [3.8, 4) is 0 Å². The number of nitrogens with zero attached hydrogens (tertiary/aromatic N) is 2. The Morgan fingerprint density at radius 2 is 2.22 bits per heavy atom. The summed E-state index contributed by atoms with van der Waals surface area (Å²) in [5.41, 5.74) is 6.33. The molecule has 0 amide bonds. The van der Waals surface area contributed by atoms with Crippen molar-refractivity contribution >= 4 is 22.7 Å². The standard InChI is InChI=1S/C14H18N4/c1-10-6-2-3-7-11(10)17-18-14-15-12-8-4-5-9-13(12)16-14/h4-5,8-10H,2-3,6-7H2,1H3,(H2,15,16,18)/b17-11+/t10-/m0/s1. The Bertz CT molecular complexity index is 537. The van der Waals surface area contributed by atoms with Crippen molar-refractivity contribution in [3.63, 3.8) is 0 Å². The molecule has 0 unspecified atom stereocenters. The number of aromatic nitrogens is 2. The molecule has 1 aromatic heterocycles. The lowest BCUT2D eigenvalue weighted by Gasteiger charge is -2.19. The van der Waals surface area contributed by atoms with Crippen LogP contribution in [0.15, 0.2) is 29.4 Å². The first-order valence-corrected chi connectivity index (χ1v) is 6.60. The molecule has 0 aliphatic heterocycles. The zero-order chi connectivity index (χ0) is 12.4. The first-order valence-electron chi connectivity index (χ1n) is 6.60. The molecule has 18 heavy (non-hydrogen) atoms. The number of para-hydroxylation sites is 2. The monoisotopic (exact) mass is 242 g/mol. The summed E-state index contributed by atoms with van der Waals surface area (Å²) >= 11 is 0. The van der Waals surface area contributed by atoms with Gasteiger partial charge in [-0.05, 0) is 37.3 Å². The minimum absolute atomic E-state index is 0.593. The van der Waals surface area contributed by atoms with Gasteiger partial charge in [0.2, 0.25) is 5.95 Å². The highest BCUT2D eigenvalue weighted by Gasteiger charge is 2.15. The fourth-order valence-electron chi connectivity index (χ4n) is 2.47. The topological polar surface area (TPSA) is 53.1 Å². The minimum atomic E-state index is 0.593. The first kappa shape index (κ1) is 11.3. The van der Waals surface area contributed by atoms with Crippen molar-refractivity contribution < 1.29 is 0 Å². The van der Waals surface area contributed by atoms with Crippen molar-refractivity contribution in [1.29, 1.82) is 0 Å². The lowest BCUT2D eigenvalue weighted by Crippen LogP contribution is -2.17. The van der Waals surface area contributed by atoms with E-state index in [1.165, 1.54) is 25.0 Å². The summed E-state index contributed by atoms with van der Waals surface area (Å²) in [6.45, 7) is 2.25. The van der Waals surface area contributed by atoms with Crippen LogP contribution >= 0.6 is 0 Å². The van der Waals surface area contributed by atoms with Gasteiger partial charge in [0.05, 0.1) is 11.0 Å². The highest BCUT2D eigenvalue weighted by molar-refractivity contribution is 5.87. The minimum Gasteiger partial charge on any atom is -0.323 e. The van der Waals surface area contributed by atoms with Crippen LogP contribution in [0.2, 0.25) is 0 Å². The summed E-state index contributed by atoms with van der Waals surface area (Å²) in [7, 11) is 0. The summed E-state index contributed by atoms with van der Waals surface area (Å²) in [6.07, 6.45) is 4.94. The summed E-state index contributed by atoms with van der Waals surface area (Å²) < 4.78 is 0. The number of rotatable bonds is 2. The van der Waals surface area contributed by atoms with Crippen LogP contribution in [0.1, 0.15) is 32.6 Å². The number of nitrogens with one attached hydrogen (secondary N) is 2. The van der Waals surface area contributed by atoms with Crippen molar-refractivity contribution in [2.75, 3.05) is 5.43 Å². The normalized spacial score (nSPS) is 22.5. The van der Waals surface area contributed by atoms with Crippen LogP contribution in [0.4, 0.5) is 5.95 Å². The predicted molar refractivity (Wildman–Crippen MR) is 74.8 cm³/mol. The Hall–Kier alpha value is -1.84. The largest absolute Gasteiger partial charge is 0.323 e. The number of H-pyrrole nitrogens is 1. The predicted octanol–water partition coefficient (Wildman–Crippen LogP) is 3.54. The second-order valence-electron chi connectivity index (χ2n) is 4.96. The molecule has 3 rings (SSSR count). The van der Waals surface area contributed by atoms with Crippen LogP contribution in [0, 0.1) is 5.92 Å². The van der Waals surface area contributed by atoms with E-state index in [0.29, 0.717) is 5.92 Å². The highest BCUT2D eigenvalue weighted by Crippen LogP contribution is 2.21. The van der Waals surface area contributed by atoms with E-state index in [2.05, 4.69) is 27.4 Å². The molecule has 1 aliphatic carbocycles. The number of hydrazone groups is 1. The number of imidazole rings is 1. The second-order valence-corrected chi connectivity index (χ2v) is 4.96. The van der Waals surface area contributed by atoms with Crippen molar-refractivity contribution in [3.05, 3.63) is 24.3 Å². The number of anilines is 1. The van der Waals surface area contributed by atoms with Gasteiger partial charge in [0.15, 0.2) is 0 Å². The Morgan fingerprint density at radius 3 is 3.06 bits per heavy atom. The molecule has 0 spiro atoms. The van der Waals surface area contributed by atoms with E-state index < -0.39 is 0 Å². The van der Waals surface area contributed by atoms with E-state index in [9.17, 15) is 0 Å². The molecular weight excluding hydrogens is 224 g/mol. The Labute approximate surface area is 107 Å². The van der Waals surface area contributed by atoms with Crippen molar-refractivity contribution in [2.45, 2.75) is 32.6 Å². The van der Waals surface area contributed by atoms with Crippen LogP contribution in [0.3, 0.4) is 0 Å². The lowest BCUT2D eigenvalue weighted by molar-refractivity contribution is 0.558. The van der Waals surface area contributed by atoms with Crippen LogP contribution in [0.25, 0.3) is 11.0 Å². The van der Waals surface area contributed by atoms with Crippen LogP contribution in [-0.2, 0) is 0 Å². The molecule has 4 heteroatoms. The number of aromatic amines is 1. The maximum atomic E-state index is 4.50. The molecular formula is C14H18N4. The van der Waals surface area contributed by atoms with Crippen LogP contribution in [0.5, 0.6) is 0 Å². The van der Waals surface area contributed by atoms with E-state index in [0.717, 1.165) is 23.4 Å². The highest BCUT2D eigenvalue weighted by atomic mass is 15.4. The molecule has 1 aromatic carbocycles. The van der Waals surface area contributed by atoms with Gasteiger partial charge in [-0.2, -0.15) is 5.10 Å². The number of benzene rings is 1. The quantitative estimate of drug-likeness (QED) is 0.791. The number of hydrogen-bond acceptors (Lipinski definition) is 3. The Balaban J connectivity index is 1.77. The summed E-state index contributed by atoms with van der Waals surface area (Å²) in [4.78, 5) is 7.67.